The minimum Gasteiger partial charge on any atom is -0.508 e. The molecule has 2 aromatic rings. The van der Waals surface area contributed by atoms with Crippen molar-refractivity contribution in [3.63, 3.8) is 0 Å². The molecule has 2 aliphatic carbocycles. The van der Waals surface area contributed by atoms with Crippen molar-refractivity contribution in [2.75, 3.05) is 0 Å². The maximum absolute atomic E-state index is 12.7. The molecule has 4 unspecified atom stereocenters. The lowest BCUT2D eigenvalue weighted by molar-refractivity contribution is -0.119. The fourth-order valence-corrected chi connectivity index (χ4v) is 5.19. The third kappa shape index (κ3) is 2.72. The SMILES string of the molecule is CC(=O)C1c2ccc(O)cc2C2CCCCC2C1c1ccc(O)cc1. The molecule has 4 rings (SSSR count). The van der Waals surface area contributed by atoms with Gasteiger partial charge in [0.15, 0.2) is 0 Å². The molecule has 3 nitrogen and oxygen atoms in total. The first kappa shape index (κ1) is 16.2. The van der Waals surface area contributed by atoms with Crippen LogP contribution >= 0.6 is 0 Å². The number of hydrogen-bond donors (Lipinski definition) is 2. The van der Waals surface area contributed by atoms with Crippen LogP contribution in [-0.4, -0.2) is 16.0 Å². The molecular formula is C22H24O3. The number of rotatable bonds is 2. The summed E-state index contributed by atoms with van der Waals surface area (Å²) in [7, 11) is 0. The molecular weight excluding hydrogens is 312 g/mol. The van der Waals surface area contributed by atoms with Crippen molar-refractivity contribution in [2.45, 2.75) is 50.4 Å². The molecule has 1 saturated carbocycles. The molecule has 0 aliphatic heterocycles. The molecule has 0 spiro atoms. The van der Waals surface area contributed by atoms with E-state index in [2.05, 4.69) is 0 Å². The van der Waals surface area contributed by atoms with E-state index in [-0.39, 0.29) is 29.1 Å². The number of hydrogen-bond acceptors (Lipinski definition) is 3. The number of benzene rings is 2. The second kappa shape index (κ2) is 6.21. The molecule has 0 bridgehead atoms. The van der Waals surface area contributed by atoms with Crippen molar-refractivity contribution in [3.05, 3.63) is 59.2 Å². The highest BCUT2D eigenvalue weighted by Gasteiger charge is 2.45. The van der Waals surface area contributed by atoms with Crippen molar-refractivity contribution >= 4 is 5.78 Å². The van der Waals surface area contributed by atoms with Crippen molar-refractivity contribution in [1.82, 2.24) is 0 Å². The highest BCUT2D eigenvalue weighted by molar-refractivity contribution is 5.86. The molecule has 130 valence electrons. The number of phenolic OH excluding ortho intramolecular Hbond substituents is 2. The van der Waals surface area contributed by atoms with E-state index in [0.29, 0.717) is 11.8 Å². The fraction of sp³-hybridized carbons (Fsp3) is 0.409. The summed E-state index contributed by atoms with van der Waals surface area (Å²) in [5, 5.41) is 19.7. The highest BCUT2D eigenvalue weighted by Crippen LogP contribution is 2.57. The summed E-state index contributed by atoms with van der Waals surface area (Å²) < 4.78 is 0. The Balaban J connectivity index is 1.90. The Labute approximate surface area is 148 Å². The zero-order valence-corrected chi connectivity index (χ0v) is 14.5. The minimum atomic E-state index is -0.181. The molecule has 2 aliphatic rings. The van der Waals surface area contributed by atoms with Crippen molar-refractivity contribution < 1.29 is 15.0 Å². The largest absolute Gasteiger partial charge is 0.508 e. The van der Waals surface area contributed by atoms with Gasteiger partial charge in [-0.05, 0) is 72.6 Å². The summed E-state index contributed by atoms with van der Waals surface area (Å²) >= 11 is 0. The van der Waals surface area contributed by atoms with E-state index in [1.54, 1.807) is 25.1 Å². The van der Waals surface area contributed by atoms with Gasteiger partial charge < -0.3 is 10.2 Å². The Hall–Kier alpha value is -2.29. The average molecular weight is 336 g/mol. The zero-order chi connectivity index (χ0) is 17.6. The summed E-state index contributed by atoms with van der Waals surface area (Å²) in [4.78, 5) is 12.7. The molecule has 3 heteroatoms. The van der Waals surface area contributed by atoms with Gasteiger partial charge in [-0.25, -0.2) is 0 Å². The summed E-state index contributed by atoms with van der Waals surface area (Å²) in [6.45, 7) is 1.68. The quantitative estimate of drug-likeness (QED) is 0.825. The smallest absolute Gasteiger partial charge is 0.137 e. The van der Waals surface area contributed by atoms with Gasteiger partial charge in [0.2, 0.25) is 0 Å². The van der Waals surface area contributed by atoms with Crippen molar-refractivity contribution in [2.24, 2.45) is 5.92 Å². The molecule has 2 aromatic carbocycles. The molecule has 4 atom stereocenters. The first-order valence-corrected chi connectivity index (χ1v) is 9.18. The maximum Gasteiger partial charge on any atom is 0.137 e. The van der Waals surface area contributed by atoms with Crippen LogP contribution in [0.15, 0.2) is 42.5 Å². The monoisotopic (exact) mass is 336 g/mol. The molecule has 0 heterocycles. The first-order valence-electron chi connectivity index (χ1n) is 9.18. The zero-order valence-electron chi connectivity index (χ0n) is 14.5. The second-order valence-corrected chi connectivity index (χ2v) is 7.57. The topological polar surface area (TPSA) is 57.5 Å². The van der Waals surface area contributed by atoms with Crippen LogP contribution in [0.4, 0.5) is 0 Å². The van der Waals surface area contributed by atoms with Crippen LogP contribution in [0.1, 0.15) is 67.1 Å². The number of carbonyl (C=O) groups is 1. The van der Waals surface area contributed by atoms with Gasteiger partial charge in [-0.1, -0.05) is 31.0 Å². The molecule has 0 saturated heterocycles. The Morgan fingerprint density at radius 3 is 2.32 bits per heavy atom. The predicted molar refractivity (Wildman–Crippen MR) is 97.1 cm³/mol. The van der Waals surface area contributed by atoms with Crippen LogP contribution in [0.25, 0.3) is 0 Å². The maximum atomic E-state index is 12.7. The van der Waals surface area contributed by atoms with Crippen LogP contribution in [0.3, 0.4) is 0 Å². The van der Waals surface area contributed by atoms with Crippen LogP contribution in [-0.2, 0) is 4.79 Å². The van der Waals surface area contributed by atoms with E-state index in [0.717, 1.165) is 24.0 Å². The number of ketones is 1. The van der Waals surface area contributed by atoms with Gasteiger partial charge in [-0.2, -0.15) is 0 Å². The van der Waals surface area contributed by atoms with Crippen LogP contribution < -0.4 is 0 Å². The number of phenols is 2. The van der Waals surface area contributed by atoms with Crippen molar-refractivity contribution in [3.8, 4) is 11.5 Å². The van der Waals surface area contributed by atoms with Gasteiger partial charge in [0, 0.05) is 11.8 Å². The normalized spacial score (nSPS) is 28.0. The van der Waals surface area contributed by atoms with E-state index in [1.165, 1.54) is 18.4 Å². The van der Waals surface area contributed by atoms with Crippen LogP contribution in [0.5, 0.6) is 11.5 Å². The number of fused-ring (bicyclic) bond motifs is 3. The molecule has 2 N–H and O–H groups in total. The van der Waals surface area contributed by atoms with Crippen LogP contribution in [0.2, 0.25) is 0 Å². The van der Waals surface area contributed by atoms with Gasteiger partial charge in [0.1, 0.15) is 17.3 Å². The van der Waals surface area contributed by atoms with E-state index in [1.807, 2.05) is 24.3 Å². The Morgan fingerprint density at radius 1 is 0.920 bits per heavy atom. The molecule has 1 fully saturated rings. The third-order valence-corrected chi connectivity index (χ3v) is 6.16. The van der Waals surface area contributed by atoms with Crippen LogP contribution in [0, 0.1) is 5.92 Å². The Bertz CT molecular complexity index is 793. The molecule has 0 aromatic heterocycles. The summed E-state index contributed by atoms with van der Waals surface area (Å²) in [5.41, 5.74) is 3.38. The summed E-state index contributed by atoms with van der Waals surface area (Å²) in [6, 6.07) is 12.9. The second-order valence-electron chi connectivity index (χ2n) is 7.57. The van der Waals surface area contributed by atoms with Gasteiger partial charge in [-0.15, -0.1) is 0 Å². The first-order chi connectivity index (χ1) is 12.1. The number of Topliss-reactive ketones (excluding diaryl/α,β-unsaturated/α-hetero) is 1. The molecule has 0 amide bonds. The van der Waals surface area contributed by atoms with Gasteiger partial charge in [0.25, 0.3) is 0 Å². The molecule has 0 radical (unpaired) electrons. The number of aromatic hydroxyl groups is 2. The Kier molecular flexibility index (Phi) is 4.03. The van der Waals surface area contributed by atoms with Crippen molar-refractivity contribution in [1.29, 1.82) is 0 Å². The fourth-order valence-electron chi connectivity index (χ4n) is 5.19. The summed E-state index contributed by atoms with van der Waals surface area (Å²) in [5.74, 6) is 1.47. The van der Waals surface area contributed by atoms with E-state index >= 15 is 0 Å². The third-order valence-electron chi connectivity index (χ3n) is 6.16. The average Bonchev–Trinajstić information content (AvgIpc) is 2.61. The highest BCUT2D eigenvalue weighted by atomic mass is 16.3. The molecule has 25 heavy (non-hydrogen) atoms. The standard InChI is InChI=1S/C22H24O3/c1-13(23)21-19-11-10-16(25)12-20(19)17-4-2-3-5-18(17)22(21)14-6-8-15(24)9-7-14/h6-12,17-18,21-22,24-25H,2-5H2,1H3. The van der Waals surface area contributed by atoms with Gasteiger partial charge in [-0.3, -0.25) is 4.79 Å². The van der Waals surface area contributed by atoms with E-state index in [9.17, 15) is 15.0 Å². The summed E-state index contributed by atoms with van der Waals surface area (Å²) in [6.07, 6.45) is 4.60. The Morgan fingerprint density at radius 2 is 1.60 bits per heavy atom. The lowest BCUT2D eigenvalue weighted by Crippen LogP contribution is -2.36. The lowest BCUT2D eigenvalue weighted by atomic mass is 9.57. The van der Waals surface area contributed by atoms with E-state index in [4.69, 9.17) is 0 Å². The predicted octanol–water partition coefficient (Wildman–Crippen LogP) is 4.84. The lowest BCUT2D eigenvalue weighted by Gasteiger charge is -2.46. The number of carbonyl (C=O) groups excluding carboxylic acids is 1. The van der Waals surface area contributed by atoms with Gasteiger partial charge >= 0.3 is 0 Å². The van der Waals surface area contributed by atoms with Gasteiger partial charge in [0.05, 0.1) is 0 Å². The minimum absolute atomic E-state index is 0.139. The van der Waals surface area contributed by atoms with E-state index < -0.39 is 0 Å².